The van der Waals surface area contributed by atoms with Gasteiger partial charge in [-0.25, -0.2) is 8.42 Å². The molecule has 0 aliphatic rings. The third kappa shape index (κ3) is 4.62. The second-order valence-electron chi connectivity index (χ2n) is 6.41. The molecule has 0 spiro atoms. The highest BCUT2D eigenvalue weighted by Gasteiger charge is 2.18. The van der Waals surface area contributed by atoms with Crippen molar-refractivity contribution >= 4 is 43.3 Å². The van der Waals surface area contributed by atoms with Crippen molar-refractivity contribution in [2.24, 2.45) is 4.99 Å². The van der Waals surface area contributed by atoms with E-state index in [9.17, 15) is 18.0 Å². The predicted octanol–water partition coefficient (Wildman–Crippen LogP) is 2.04. The summed E-state index contributed by atoms with van der Waals surface area (Å²) in [5.41, 5.74) is 0.729. The zero-order valence-corrected chi connectivity index (χ0v) is 18.9. The number of carbonyl (C=O) groups is 2. The SMILES string of the molecule is COC(=O)Cn1c(=NC(=O)c2cccc(OC)c2OC)sc2cc(S(C)(=O)=O)ccc21. The number of carbonyl (C=O) groups excluding carboxylic acids is 2. The number of benzene rings is 2. The molecule has 0 aliphatic heterocycles. The molecular formula is C20H20N2O7S2. The second-order valence-corrected chi connectivity index (χ2v) is 9.43. The Bertz CT molecular complexity index is 1340. The van der Waals surface area contributed by atoms with Gasteiger partial charge in [-0.1, -0.05) is 17.4 Å². The van der Waals surface area contributed by atoms with Crippen LogP contribution in [-0.4, -0.2) is 52.4 Å². The number of thiazole rings is 1. The van der Waals surface area contributed by atoms with Gasteiger partial charge in [-0.2, -0.15) is 4.99 Å². The van der Waals surface area contributed by atoms with Crippen LogP contribution in [0.25, 0.3) is 10.2 Å². The monoisotopic (exact) mass is 464 g/mol. The molecule has 3 rings (SSSR count). The Morgan fingerprint density at radius 3 is 2.45 bits per heavy atom. The quantitative estimate of drug-likeness (QED) is 0.513. The van der Waals surface area contributed by atoms with Crippen LogP contribution >= 0.6 is 11.3 Å². The molecule has 0 saturated heterocycles. The Morgan fingerprint density at radius 2 is 1.84 bits per heavy atom. The van der Waals surface area contributed by atoms with Crippen LogP contribution < -0.4 is 14.3 Å². The molecule has 164 valence electrons. The maximum atomic E-state index is 13.0. The van der Waals surface area contributed by atoms with E-state index in [4.69, 9.17) is 14.2 Å². The minimum atomic E-state index is -3.43. The Hall–Kier alpha value is -3.18. The van der Waals surface area contributed by atoms with Crippen LogP contribution in [0.3, 0.4) is 0 Å². The zero-order valence-electron chi connectivity index (χ0n) is 17.2. The number of ether oxygens (including phenoxy) is 3. The summed E-state index contributed by atoms with van der Waals surface area (Å²) in [5.74, 6) is -0.539. The van der Waals surface area contributed by atoms with Crippen LogP contribution in [-0.2, 0) is 25.9 Å². The van der Waals surface area contributed by atoms with Gasteiger partial charge in [0.15, 0.2) is 26.1 Å². The van der Waals surface area contributed by atoms with E-state index in [-0.39, 0.29) is 27.6 Å². The van der Waals surface area contributed by atoms with E-state index in [1.54, 1.807) is 24.3 Å². The normalized spacial score (nSPS) is 12.1. The van der Waals surface area contributed by atoms with Crippen molar-refractivity contribution in [3.05, 3.63) is 46.8 Å². The van der Waals surface area contributed by atoms with Crippen LogP contribution in [0.2, 0.25) is 0 Å². The van der Waals surface area contributed by atoms with Crippen molar-refractivity contribution in [1.29, 1.82) is 0 Å². The molecular weight excluding hydrogens is 444 g/mol. The molecule has 1 amide bonds. The number of methoxy groups -OCH3 is 3. The number of nitrogens with zero attached hydrogens (tertiary/aromatic N) is 2. The molecule has 0 fully saturated rings. The fraction of sp³-hybridized carbons (Fsp3) is 0.250. The summed E-state index contributed by atoms with van der Waals surface area (Å²) in [6, 6.07) is 9.33. The fourth-order valence-corrected chi connectivity index (χ4v) is 4.71. The lowest BCUT2D eigenvalue weighted by Crippen LogP contribution is -2.22. The summed E-state index contributed by atoms with van der Waals surface area (Å²) in [6.45, 7) is -0.198. The van der Waals surface area contributed by atoms with Gasteiger partial charge in [0.05, 0.1) is 42.0 Å². The van der Waals surface area contributed by atoms with E-state index in [0.717, 1.165) is 17.6 Å². The maximum absolute atomic E-state index is 13.0. The molecule has 0 aliphatic carbocycles. The van der Waals surface area contributed by atoms with Crippen molar-refractivity contribution in [2.45, 2.75) is 11.4 Å². The molecule has 2 aromatic carbocycles. The van der Waals surface area contributed by atoms with E-state index < -0.39 is 21.7 Å². The molecule has 11 heteroatoms. The lowest BCUT2D eigenvalue weighted by atomic mass is 10.2. The van der Waals surface area contributed by atoms with Gasteiger partial charge in [0.1, 0.15) is 6.54 Å². The molecule has 3 aromatic rings. The Kier molecular flexibility index (Phi) is 6.46. The topological polar surface area (TPSA) is 113 Å². The highest BCUT2D eigenvalue weighted by molar-refractivity contribution is 7.90. The molecule has 1 aromatic heterocycles. The van der Waals surface area contributed by atoms with Crippen molar-refractivity contribution in [3.8, 4) is 11.5 Å². The lowest BCUT2D eigenvalue weighted by molar-refractivity contribution is -0.141. The summed E-state index contributed by atoms with van der Waals surface area (Å²) in [6.07, 6.45) is 1.11. The summed E-state index contributed by atoms with van der Waals surface area (Å²) < 4.78 is 41.1. The van der Waals surface area contributed by atoms with Gasteiger partial charge >= 0.3 is 5.97 Å². The number of fused-ring (bicyclic) bond motifs is 1. The van der Waals surface area contributed by atoms with Crippen molar-refractivity contribution in [2.75, 3.05) is 27.6 Å². The standard InChI is InChI=1S/C20H20N2O7S2/c1-27-15-7-5-6-13(18(15)29-3)19(24)21-20-22(11-17(23)28-2)14-9-8-12(31(4,25)26)10-16(14)30-20/h5-10H,11H2,1-4H3. The van der Waals surface area contributed by atoms with E-state index >= 15 is 0 Å². The number of amides is 1. The summed E-state index contributed by atoms with van der Waals surface area (Å²) in [7, 11) is 0.694. The van der Waals surface area contributed by atoms with Gasteiger partial charge in [-0.05, 0) is 30.3 Å². The third-order valence-corrected chi connectivity index (χ3v) is 6.58. The van der Waals surface area contributed by atoms with Crippen LogP contribution in [0.15, 0.2) is 46.3 Å². The van der Waals surface area contributed by atoms with Crippen molar-refractivity contribution in [3.63, 3.8) is 0 Å². The highest BCUT2D eigenvalue weighted by Crippen LogP contribution is 2.31. The minimum absolute atomic E-state index is 0.124. The van der Waals surface area contributed by atoms with Gasteiger partial charge < -0.3 is 18.8 Å². The van der Waals surface area contributed by atoms with Gasteiger partial charge in [0.25, 0.3) is 5.91 Å². The molecule has 0 bridgehead atoms. The maximum Gasteiger partial charge on any atom is 0.325 e. The third-order valence-electron chi connectivity index (χ3n) is 4.43. The summed E-state index contributed by atoms with van der Waals surface area (Å²) in [5, 5.41) is 0. The van der Waals surface area contributed by atoms with Crippen LogP contribution in [0.1, 0.15) is 10.4 Å². The molecule has 0 N–H and O–H groups in total. The zero-order chi connectivity index (χ0) is 22.8. The van der Waals surface area contributed by atoms with Gasteiger partial charge in [0.2, 0.25) is 0 Å². The number of sulfone groups is 1. The second kappa shape index (κ2) is 8.90. The minimum Gasteiger partial charge on any atom is -0.493 e. The molecule has 0 radical (unpaired) electrons. The van der Waals surface area contributed by atoms with E-state index in [0.29, 0.717) is 16.0 Å². The van der Waals surface area contributed by atoms with Crippen LogP contribution in [0, 0.1) is 0 Å². The first-order valence-electron chi connectivity index (χ1n) is 8.90. The first-order valence-corrected chi connectivity index (χ1v) is 11.6. The number of hydrogen-bond acceptors (Lipinski definition) is 8. The fourth-order valence-electron chi connectivity index (χ4n) is 2.92. The summed E-state index contributed by atoms with van der Waals surface area (Å²) in [4.78, 5) is 29.4. The number of hydrogen-bond donors (Lipinski definition) is 0. The van der Waals surface area contributed by atoms with Crippen molar-refractivity contribution in [1.82, 2.24) is 4.57 Å². The van der Waals surface area contributed by atoms with E-state index in [2.05, 4.69) is 4.99 Å². The predicted molar refractivity (Wildman–Crippen MR) is 114 cm³/mol. The molecule has 31 heavy (non-hydrogen) atoms. The molecule has 0 atom stereocenters. The number of aromatic nitrogens is 1. The van der Waals surface area contributed by atoms with Gasteiger partial charge in [-0.15, -0.1) is 0 Å². The van der Waals surface area contributed by atoms with Crippen molar-refractivity contribution < 1.29 is 32.2 Å². The molecule has 1 heterocycles. The first-order chi connectivity index (χ1) is 14.7. The first kappa shape index (κ1) is 22.5. The Labute approximate surface area is 182 Å². The Morgan fingerprint density at radius 1 is 1.10 bits per heavy atom. The van der Waals surface area contributed by atoms with E-state index in [1.807, 2.05) is 0 Å². The molecule has 9 nitrogen and oxygen atoms in total. The summed E-state index contributed by atoms with van der Waals surface area (Å²) >= 11 is 1.08. The number of rotatable bonds is 6. The highest BCUT2D eigenvalue weighted by atomic mass is 32.2. The Balaban J connectivity index is 2.22. The molecule has 0 unspecified atom stereocenters. The largest absolute Gasteiger partial charge is 0.493 e. The van der Waals surface area contributed by atoms with Crippen LogP contribution in [0.5, 0.6) is 11.5 Å². The smallest absolute Gasteiger partial charge is 0.325 e. The number of para-hydroxylation sites is 1. The van der Waals surface area contributed by atoms with Gasteiger partial charge in [-0.3, -0.25) is 9.59 Å². The van der Waals surface area contributed by atoms with E-state index in [1.165, 1.54) is 38.0 Å². The average Bonchev–Trinajstić information content (AvgIpc) is 3.08. The lowest BCUT2D eigenvalue weighted by Gasteiger charge is -2.10. The average molecular weight is 465 g/mol. The van der Waals surface area contributed by atoms with Crippen LogP contribution in [0.4, 0.5) is 0 Å². The van der Waals surface area contributed by atoms with Gasteiger partial charge in [0, 0.05) is 6.26 Å². The molecule has 0 saturated carbocycles. The number of esters is 1.